The fourth-order valence-corrected chi connectivity index (χ4v) is 3.16. The third-order valence-corrected chi connectivity index (χ3v) is 4.48. The molecule has 1 N–H and O–H groups in total. The third-order valence-electron chi connectivity index (χ3n) is 4.48. The Hall–Kier alpha value is -1.96. The molecule has 2 aliphatic rings. The second-order valence-electron chi connectivity index (χ2n) is 6.07. The zero-order valence-electron chi connectivity index (χ0n) is 12.9. The molecule has 1 aliphatic heterocycles. The average molecular weight is 306 g/mol. The predicted octanol–water partition coefficient (Wildman–Crippen LogP) is 1.49. The van der Waals surface area contributed by atoms with Crippen LogP contribution >= 0.6 is 0 Å². The summed E-state index contributed by atoms with van der Waals surface area (Å²) in [7, 11) is 2.05. The van der Waals surface area contributed by atoms with Gasteiger partial charge in [0.1, 0.15) is 6.33 Å². The number of nitrogens with zero attached hydrogens (tertiary/aromatic N) is 5. The maximum Gasteiger partial charge on any atom is 0.353 e. The van der Waals surface area contributed by atoms with Crippen LogP contribution in [-0.2, 0) is 0 Å². The smallest absolute Gasteiger partial charge is 0.353 e. The van der Waals surface area contributed by atoms with Gasteiger partial charge in [0.25, 0.3) is 0 Å². The monoisotopic (exact) mass is 306 g/mol. The zero-order valence-corrected chi connectivity index (χ0v) is 12.9. The van der Waals surface area contributed by atoms with Crippen LogP contribution < -0.4 is 10.2 Å². The highest BCUT2D eigenvalue weighted by Gasteiger charge is 2.30. The fraction of sp³-hybridized carbons (Fsp3) is 0.714. The summed E-state index contributed by atoms with van der Waals surface area (Å²) in [5, 5.41) is 14.8. The molecule has 3 rings (SSSR count). The van der Waals surface area contributed by atoms with Crippen LogP contribution in [0.15, 0.2) is 6.33 Å². The Morgan fingerprint density at radius 2 is 1.91 bits per heavy atom. The Morgan fingerprint density at radius 1 is 1.23 bits per heavy atom. The molecule has 1 aliphatic carbocycles. The van der Waals surface area contributed by atoms with Gasteiger partial charge in [-0.05, 0) is 19.9 Å². The lowest BCUT2D eigenvalue weighted by Gasteiger charge is -2.32. The molecule has 1 saturated heterocycles. The van der Waals surface area contributed by atoms with Crippen molar-refractivity contribution in [2.75, 3.05) is 43.4 Å². The molecule has 2 heterocycles. The SMILES string of the molecule is CN1CCN(c2ncnc(NC3CCCC3)c2[N+](=O)[O-])CC1. The van der Waals surface area contributed by atoms with Crippen LogP contribution in [0.3, 0.4) is 0 Å². The van der Waals surface area contributed by atoms with Crippen molar-refractivity contribution in [2.45, 2.75) is 31.7 Å². The molecule has 22 heavy (non-hydrogen) atoms. The summed E-state index contributed by atoms with van der Waals surface area (Å²) < 4.78 is 0. The summed E-state index contributed by atoms with van der Waals surface area (Å²) in [5.41, 5.74) is 0.0129. The van der Waals surface area contributed by atoms with Crippen molar-refractivity contribution in [3.05, 3.63) is 16.4 Å². The van der Waals surface area contributed by atoms with Crippen molar-refractivity contribution in [1.82, 2.24) is 14.9 Å². The normalized spacial score (nSPS) is 20.3. The van der Waals surface area contributed by atoms with E-state index in [1.165, 1.54) is 19.2 Å². The van der Waals surface area contributed by atoms with E-state index in [2.05, 4.69) is 27.2 Å². The van der Waals surface area contributed by atoms with Crippen LogP contribution in [0.25, 0.3) is 0 Å². The van der Waals surface area contributed by atoms with Crippen molar-refractivity contribution in [1.29, 1.82) is 0 Å². The molecular weight excluding hydrogens is 284 g/mol. The van der Waals surface area contributed by atoms with Gasteiger partial charge in [-0.15, -0.1) is 0 Å². The van der Waals surface area contributed by atoms with E-state index in [1.54, 1.807) is 0 Å². The van der Waals surface area contributed by atoms with Gasteiger partial charge in [-0.25, -0.2) is 9.97 Å². The number of hydrogen-bond acceptors (Lipinski definition) is 7. The number of likely N-dealkylation sites (N-methyl/N-ethyl adjacent to an activating group) is 1. The maximum atomic E-state index is 11.6. The minimum atomic E-state index is -0.356. The molecule has 1 aromatic rings. The van der Waals surface area contributed by atoms with Crippen molar-refractivity contribution in [3.63, 3.8) is 0 Å². The van der Waals surface area contributed by atoms with Crippen molar-refractivity contribution in [3.8, 4) is 0 Å². The lowest BCUT2D eigenvalue weighted by atomic mass is 10.2. The molecule has 0 amide bonds. The summed E-state index contributed by atoms with van der Waals surface area (Å²) in [6.07, 6.45) is 5.86. The minimum Gasteiger partial charge on any atom is -0.361 e. The van der Waals surface area contributed by atoms with Gasteiger partial charge < -0.3 is 15.1 Å². The number of nitro groups is 1. The topological polar surface area (TPSA) is 87.4 Å². The largest absolute Gasteiger partial charge is 0.361 e. The van der Waals surface area contributed by atoms with Gasteiger partial charge in [0.15, 0.2) is 0 Å². The minimum absolute atomic E-state index is 0.0129. The number of nitrogens with one attached hydrogen (secondary N) is 1. The van der Waals surface area contributed by atoms with Gasteiger partial charge in [-0.2, -0.15) is 0 Å². The van der Waals surface area contributed by atoms with E-state index in [0.717, 1.165) is 39.0 Å². The first-order valence-electron chi connectivity index (χ1n) is 7.84. The molecule has 0 unspecified atom stereocenters. The predicted molar refractivity (Wildman–Crippen MR) is 84.3 cm³/mol. The molecule has 8 heteroatoms. The number of hydrogen-bond donors (Lipinski definition) is 1. The van der Waals surface area contributed by atoms with E-state index in [9.17, 15) is 10.1 Å². The Morgan fingerprint density at radius 3 is 2.55 bits per heavy atom. The van der Waals surface area contributed by atoms with E-state index >= 15 is 0 Å². The quantitative estimate of drug-likeness (QED) is 0.666. The molecular formula is C14H22N6O2. The fourth-order valence-electron chi connectivity index (χ4n) is 3.16. The second-order valence-corrected chi connectivity index (χ2v) is 6.07. The molecule has 0 atom stereocenters. The molecule has 0 aromatic carbocycles. The molecule has 1 saturated carbocycles. The van der Waals surface area contributed by atoms with Crippen LogP contribution in [0, 0.1) is 10.1 Å². The van der Waals surface area contributed by atoms with E-state index in [4.69, 9.17) is 0 Å². The number of piperazine rings is 1. The van der Waals surface area contributed by atoms with Crippen molar-refractivity contribution < 1.29 is 4.92 Å². The number of rotatable bonds is 4. The van der Waals surface area contributed by atoms with Crippen LogP contribution in [0.4, 0.5) is 17.3 Å². The lowest BCUT2D eigenvalue weighted by molar-refractivity contribution is -0.383. The van der Waals surface area contributed by atoms with E-state index in [-0.39, 0.29) is 16.7 Å². The molecule has 2 fully saturated rings. The summed E-state index contributed by atoms with van der Waals surface area (Å²) in [4.78, 5) is 23.7. The Bertz CT molecular complexity index is 538. The number of anilines is 2. The third kappa shape index (κ3) is 3.11. The molecule has 0 spiro atoms. The van der Waals surface area contributed by atoms with Crippen molar-refractivity contribution >= 4 is 17.3 Å². The molecule has 0 radical (unpaired) electrons. The standard InChI is InChI=1S/C14H22N6O2/c1-18-6-8-19(9-7-18)14-12(20(21)22)13(15-10-16-14)17-11-4-2-3-5-11/h10-11H,2-9H2,1H3,(H,15,16,17). The van der Waals surface area contributed by atoms with Crippen LogP contribution in [-0.4, -0.2) is 59.1 Å². The van der Waals surface area contributed by atoms with Gasteiger partial charge >= 0.3 is 5.69 Å². The zero-order chi connectivity index (χ0) is 15.5. The average Bonchev–Trinajstić information content (AvgIpc) is 3.00. The first kappa shape index (κ1) is 15.0. The number of aromatic nitrogens is 2. The van der Waals surface area contributed by atoms with Gasteiger partial charge in [-0.1, -0.05) is 12.8 Å². The highest BCUT2D eigenvalue weighted by atomic mass is 16.6. The van der Waals surface area contributed by atoms with Gasteiger partial charge in [0.2, 0.25) is 11.6 Å². The summed E-state index contributed by atoms with van der Waals surface area (Å²) >= 11 is 0. The van der Waals surface area contributed by atoms with Gasteiger partial charge in [-0.3, -0.25) is 10.1 Å². The summed E-state index contributed by atoms with van der Waals surface area (Å²) in [6.45, 7) is 3.26. The Labute approximate surface area is 129 Å². The summed E-state index contributed by atoms with van der Waals surface area (Å²) in [6, 6.07) is 0.286. The second kappa shape index (κ2) is 6.43. The van der Waals surface area contributed by atoms with E-state index < -0.39 is 0 Å². The first-order valence-corrected chi connectivity index (χ1v) is 7.84. The maximum absolute atomic E-state index is 11.6. The lowest BCUT2D eigenvalue weighted by Crippen LogP contribution is -2.45. The molecule has 120 valence electrons. The van der Waals surface area contributed by atoms with Gasteiger partial charge in [0.05, 0.1) is 4.92 Å². The Kier molecular flexibility index (Phi) is 4.37. The Balaban J connectivity index is 1.87. The molecule has 1 aromatic heterocycles. The van der Waals surface area contributed by atoms with Gasteiger partial charge in [0, 0.05) is 32.2 Å². The van der Waals surface area contributed by atoms with E-state index in [0.29, 0.717) is 11.6 Å². The highest BCUT2D eigenvalue weighted by molar-refractivity contribution is 5.70. The van der Waals surface area contributed by atoms with Crippen LogP contribution in [0.1, 0.15) is 25.7 Å². The van der Waals surface area contributed by atoms with Crippen LogP contribution in [0.2, 0.25) is 0 Å². The van der Waals surface area contributed by atoms with E-state index in [1.807, 2.05) is 4.90 Å². The first-order chi connectivity index (χ1) is 10.6. The molecule has 8 nitrogen and oxygen atoms in total. The van der Waals surface area contributed by atoms with Crippen LogP contribution in [0.5, 0.6) is 0 Å². The molecule has 0 bridgehead atoms. The summed E-state index contributed by atoms with van der Waals surface area (Å²) in [5.74, 6) is 0.800. The van der Waals surface area contributed by atoms with Crippen molar-refractivity contribution in [2.24, 2.45) is 0 Å². The highest BCUT2D eigenvalue weighted by Crippen LogP contribution is 2.34.